The zero-order valence-electron chi connectivity index (χ0n) is 16.1. The van der Waals surface area contributed by atoms with Gasteiger partial charge in [0.1, 0.15) is 12.1 Å². The summed E-state index contributed by atoms with van der Waals surface area (Å²) in [7, 11) is 0. The first kappa shape index (κ1) is 22.1. The summed E-state index contributed by atoms with van der Waals surface area (Å²) in [6, 6.07) is 11.2. The first-order chi connectivity index (χ1) is 14.9. The smallest absolute Gasteiger partial charge is 0.355 e. The van der Waals surface area contributed by atoms with Gasteiger partial charge in [0, 0.05) is 5.02 Å². The van der Waals surface area contributed by atoms with Crippen LogP contribution in [-0.2, 0) is 0 Å². The lowest BCUT2D eigenvalue weighted by Crippen LogP contribution is -2.30. The number of nitrogens with zero attached hydrogens (tertiary/aromatic N) is 3. The van der Waals surface area contributed by atoms with Crippen molar-refractivity contribution in [2.75, 3.05) is 17.3 Å². The fourth-order valence-electron chi connectivity index (χ4n) is 2.57. The number of hydrazine groups is 1. The average Bonchev–Trinajstić information content (AvgIpc) is 2.73. The summed E-state index contributed by atoms with van der Waals surface area (Å²) in [4.78, 5) is 31.2. The molecule has 0 spiro atoms. The van der Waals surface area contributed by atoms with E-state index in [-0.39, 0.29) is 22.2 Å². The van der Waals surface area contributed by atoms with Gasteiger partial charge in [0.2, 0.25) is 11.6 Å². The van der Waals surface area contributed by atoms with E-state index in [4.69, 9.17) is 27.9 Å². The van der Waals surface area contributed by atoms with Crippen LogP contribution in [-0.4, -0.2) is 27.4 Å². The van der Waals surface area contributed by atoms with E-state index in [9.17, 15) is 14.9 Å². The predicted molar refractivity (Wildman–Crippen MR) is 117 cm³/mol. The number of nitrogens with one attached hydrogen (secondary N) is 3. The van der Waals surface area contributed by atoms with E-state index in [1.807, 2.05) is 6.92 Å². The topological polar surface area (TPSA) is 131 Å². The Kier molecular flexibility index (Phi) is 7.06. The molecule has 0 aliphatic carbocycles. The van der Waals surface area contributed by atoms with E-state index in [1.54, 1.807) is 24.3 Å². The Morgan fingerprint density at radius 1 is 1.16 bits per heavy atom. The standard InChI is InChI=1S/C19H16Cl2N6O4/c1-2-31-15-6-4-3-5-14(15)24-17-16(27(29)30)18(23-10-22-17)25-26-19(28)12-8-7-11(20)9-13(12)21/h3-10H,2H2,1H3,(H,26,28)(H2,22,23,24,25). The fourth-order valence-corrected chi connectivity index (χ4v) is 3.06. The van der Waals surface area contributed by atoms with Crippen molar-refractivity contribution in [1.82, 2.24) is 15.4 Å². The molecule has 1 amide bonds. The maximum atomic E-state index is 12.4. The van der Waals surface area contributed by atoms with Crippen LogP contribution in [0.1, 0.15) is 17.3 Å². The van der Waals surface area contributed by atoms with Gasteiger partial charge >= 0.3 is 5.69 Å². The molecule has 0 radical (unpaired) electrons. The van der Waals surface area contributed by atoms with Crippen LogP contribution in [0.25, 0.3) is 0 Å². The number of aromatic nitrogens is 2. The van der Waals surface area contributed by atoms with Gasteiger partial charge in [0.15, 0.2) is 0 Å². The van der Waals surface area contributed by atoms with E-state index in [2.05, 4.69) is 26.1 Å². The van der Waals surface area contributed by atoms with Crippen molar-refractivity contribution in [3.63, 3.8) is 0 Å². The highest BCUT2D eigenvalue weighted by Crippen LogP contribution is 2.34. The van der Waals surface area contributed by atoms with Crippen LogP contribution in [0.3, 0.4) is 0 Å². The number of amides is 1. The van der Waals surface area contributed by atoms with E-state index in [0.717, 1.165) is 6.33 Å². The van der Waals surface area contributed by atoms with E-state index < -0.39 is 16.5 Å². The summed E-state index contributed by atoms with van der Waals surface area (Å²) in [6.07, 6.45) is 1.11. The lowest BCUT2D eigenvalue weighted by Gasteiger charge is -2.13. The van der Waals surface area contributed by atoms with Crippen LogP contribution in [0.2, 0.25) is 10.0 Å². The number of carbonyl (C=O) groups is 1. The van der Waals surface area contributed by atoms with Crippen molar-refractivity contribution >= 4 is 52.1 Å². The molecule has 1 aromatic heterocycles. The molecule has 0 bridgehead atoms. The molecule has 0 aliphatic heterocycles. The fraction of sp³-hybridized carbons (Fsp3) is 0.105. The second kappa shape index (κ2) is 9.92. The SMILES string of the molecule is CCOc1ccccc1Nc1ncnc(NNC(=O)c2ccc(Cl)cc2Cl)c1[N+](=O)[O-]. The number of ether oxygens (including phenoxy) is 1. The van der Waals surface area contributed by atoms with Crippen LogP contribution >= 0.6 is 23.2 Å². The summed E-state index contributed by atoms with van der Waals surface area (Å²) in [5.41, 5.74) is 4.90. The molecule has 31 heavy (non-hydrogen) atoms. The van der Waals surface area contributed by atoms with Crippen LogP contribution in [0, 0.1) is 10.1 Å². The summed E-state index contributed by atoms with van der Waals surface area (Å²) in [5.74, 6) is -0.452. The molecule has 2 aromatic carbocycles. The van der Waals surface area contributed by atoms with E-state index in [1.165, 1.54) is 18.2 Å². The molecule has 3 aromatic rings. The van der Waals surface area contributed by atoms with Crippen molar-refractivity contribution in [2.45, 2.75) is 6.92 Å². The Morgan fingerprint density at radius 3 is 2.61 bits per heavy atom. The highest BCUT2D eigenvalue weighted by molar-refractivity contribution is 6.36. The van der Waals surface area contributed by atoms with Gasteiger partial charge < -0.3 is 10.1 Å². The Labute approximate surface area is 186 Å². The second-order valence-electron chi connectivity index (χ2n) is 5.93. The molecule has 10 nitrogen and oxygen atoms in total. The Morgan fingerprint density at radius 2 is 1.90 bits per heavy atom. The molecular weight excluding hydrogens is 447 g/mol. The molecular formula is C19H16Cl2N6O4. The van der Waals surface area contributed by atoms with Crippen molar-refractivity contribution in [3.8, 4) is 5.75 Å². The number of nitro groups is 1. The number of para-hydroxylation sites is 2. The first-order valence-electron chi connectivity index (χ1n) is 8.90. The zero-order chi connectivity index (χ0) is 22.4. The third-order valence-corrected chi connectivity index (χ3v) is 4.46. The molecule has 0 saturated carbocycles. The maximum Gasteiger partial charge on any atom is 0.355 e. The number of hydrogen-bond acceptors (Lipinski definition) is 8. The third kappa shape index (κ3) is 5.30. The van der Waals surface area contributed by atoms with Crippen molar-refractivity contribution in [2.24, 2.45) is 0 Å². The number of hydrogen-bond donors (Lipinski definition) is 3. The molecule has 3 N–H and O–H groups in total. The summed E-state index contributed by atoms with van der Waals surface area (Å²) in [5, 5.41) is 15.1. The molecule has 1 heterocycles. The van der Waals surface area contributed by atoms with Gasteiger partial charge in [-0.05, 0) is 37.3 Å². The molecule has 160 valence electrons. The first-order valence-corrected chi connectivity index (χ1v) is 9.66. The monoisotopic (exact) mass is 462 g/mol. The van der Waals surface area contributed by atoms with Gasteiger partial charge in [-0.25, -0.2) is 9.97 Å². The number of carbonyl (C=O) groups excluding carboxylic acids is 1. The Balaban J connectivity index is 1.85. The van der Waals surface area contributed by atoms with Crippen LogP contribution in [0.15, 0.2) is 48.8 Å². The molecule has 0 unspecified atom stereocenters. The zero-order valence-corrected chi connectivity index (χ0v) is 17.6. The molecule has 3 rings (SSSR count). The minimum absolute atomic E-state index is 0.0894. The number of anilines is 3. The average molecular weight is 463 g/mol. The molecule has 0 aliphatic rings. The number of rotatable bonds is 8. The number of benzene rings is 2. The highest BCUT2D eigenvalue weighted by Gasteiger charge is 2.24. The Bertz CT molecular complexity index is 1130. The lowest BCUT2D eigenvalue weighted by atomic mass is 10.2. The van der Waals surface area contributed by atoms with Gasteiger partial charge in [0.05, 0.1) is 27.8 Å². The minimum atomic E-state index is -0.671. The molecule has 0 atom stereocenters. The predicted octanol–water partition coefficient (Wildman–Crippen LogP) is 4.59. The van der Waals surface area contributed by atoms with E-state index in [0.29, 0.717) is 23.1 Å². The molecule has 0 saturated heterocycles. The summed E-state index contributed by atoms with van der Waals surface area (Å²) in [6.45, 7) is 2.23. The molecule has 12 heteroatoms. The summed E-state index contributed by atoms with van der Waals surface area (Å²) < 4.78 is 5.52. The van der Waals surface area contributed by atoms with Crippen molar-refractivity contribution in [1.29, 1.82) is 0 Å². The van der Waals surface area contributed by atoms with Crippen molar-refractivity contribution < 1.29 is 14.5 Å². The molecule has 0 fully saturated rings. The van der Waals surface area contributed by atoms with Crippen molar-refractivity contribution in [3.05, 3.63) is 74.5 Å². The van der Waals surface area contributed by atoms with Crippen LogP contribution in [0.5, 0.6) is 5.75 Å². The van der Waals surface area contributed by atoms with E-state index >= 15 is 0 Å². The quantitative estimate of drug-likeness (QED) is 0.327. The van der Waals surface area contributed by atoms with Gasteiger partial charge in [-0.3, -0.25) is 25.8 Å². The number of halogens is 2. The normalized spacial score (nSPS) is 10.3. The van der Waals surface area contributed by atoms with Gasteiger partial charge in [0.25, 0.3) is 5.91 Å². The van der Waals surface area contributed by atoms with Gasteiger partial charge in [-0.15, -0.1) is 0 Å². The maximum absolute atomic E-state index is 12.4. The second-order valence-corrected chi connectivity index (χ2v) is 6.78. The van der Waals surface area contributed by atoms with Gasteiger partial charge in [-0.1, -0.05) is 35.3 Å². The largest absolute Gasteiger partial charge is 0.492 e. The summed E-state index contributed by atoms with van der Waals surface area (Å²) >= 11 is 11.8. The minimum Gasteiger partial charge on any atom is -0.492 e. The highest BCUT2D eigenvalue weighted by atomic mass is 35.5. The Hall–Kier alpha value is -3.63. The third-order valence-electron chi connectivity index (χ3n) is 3.92. The van der Waals surface area contributed by atoms with Crippen LogP contribution < -0.4 is 20.9 Å². The lowest BCUT2D eigenvalue weighted by molar-refractivity contribution is -0.383. The van der Waals surface area contributed by atoms with Gasteiger partial charge in [-0.2, -0.15) is 0 Å². The van der Waals surface area contributed by atoms with Crippen LogP contribution in [0.4, 0.5) is 23.0 Å².